The van der Waals surface area contributed by atoms with E-state index >= 15 is 0 Å². The summed E-state index contributed by atoms with van der Waals surface area (Å²) in [6, 6.07) is 0. The molecule has 1 unspecified atom stereocenters. The summed E-state index contributed by atoms with van der Waals surface area (Å²) < 4.78 is 0. The molecule has 0 aliphatic carbocycles. The number of nitrogens with zero attached hydrogens (tertiary/aromatic N) is 1. The standard InChI is InChI=1S/C7H8N2O3/c1-7(4-10)8-2-5(3-9-7)6(11)12/h2-4,8H,1H3,(H,11,12). The van der Waals surface area contributed by atoms with Gasteiger partial charge in [0.1, 0.15) is 0 Å². The zero-order valence-corrected chi connectivity index (χ0v) is 6.44. The van der Waals surface area contributed by atoms with Gasteiger partial charge < -0.3 is 10.4 Å². The van der Waals surface area contributed by atoms with Crippen LogP contribution in [0.25, 0.3) is 0 Å². The maximum atomic E-state index is 10.4. The van der Waals surface area contributed by atoms with Gasteiger partial charge in [0.15, 0.2) is 11.9 Å². The second-order valence-corrected chi connectivity index (χ2v) is 2.57. The first-order chi connectivity index (χ1) is 5.57. The number of carbonyl (C=O) groups is 2. The van der Waals surface area contributed by atoms with Crippen LogP contribution in [0.15, 0.2) is 16.8 Å². The molecular weight excluding hydrogens is 160 g/mol. The molecule has 0 bridgehead atoms. The van der Waals surface area contributed by atoms with Crippen molar-refractivity contribution >= 4 is 18.5 Å². The smallest absolute Gasteiger partial charge is 0.338 e. The van der Waals surface area contributed by atoms with Crippen molar-refractivity contribution in [2.24, 2.45) is 4.99 Å². The van der Waals surface area contributed by atoms with E-state index in [1.165, 1.54) is 6.20 Å². The molecule has 0 radical (unpaired) electrons. The van der Waals surface area contributed by atoms with Crippen molar-refractivity contribution in [1.82, 2.24) is 5.32 Å². The molecule has 0 aromatic heterocycles. The average Bonchev–Trinajstić information content (AvgIpc) is 2.05. The third-order valence-corrected chi connectivity index (χ3v) is 1.47. The van der Waals surface area contributed by atoms with Gasteiger partial charge in [-0.3, -0.25) is 9.79 Å². The lowest BCUT2D eigenvalue weighted by Crippen LogP contribution is -2.41. The normalized spacial score (nSPS) is 27.2. The van der Waals surface area contributed by atoms with Crippen LogP contribution in [0.4, 0.5) is 0 Å². The molecule has 0 spiro atoms. The fourth-order valence-electron chi connectivity index (χ4n) is 0.683. The number of hydrogen-bond donors (Lipinski definition) is 2. The molecule has 64 valence electrons. The van der Waals surface area contributed by atoms with Gasteiger partial charge in [0.2, 0.25) is 0 Å². The number of nitrogens with one attached hydrogen (secondary N) is 1. The minimum absolute atomic E-state index is 0.0364. The minimum Gasteiger partial charge on any atom is -0.478 e. The summed E-state index contributed by atoms with van der Waals surface area (Å²) in [4.78, 5) is 24.5. The van der Waals surface area contributed by atoms with E-state index in [2.05, 4.69) is 10.3 Å². The summed E-state index contributed by atoms with van der Waals surface area (Å²) in [6.45, 7) is 1.55. The Hall–Kier alpha value is -1.65. The molecule has 1 aliphatic rings. The summed E-state index contributed by atoms with van der Waals surface area (Å²) in [7, 11) is 0. The molecule has 1 heterocycles. The van der Waals surface area contributed by atoms with Crippen LogP contribution in [0.2, 0.25) is 0 Å². The van der Waals surface area contributed by atoms with Gasteiger partial charge in [0.05, 0.1) is 5.57 Å². The number of rotatable bonds is 2. The number of hydrogen-bond acceptors (Lipinski definition) is 4. The van der Waals surface area contributed by atoms with Gasteiger partial charge in [-0.25, -0.2) is 4.79 Å². The highest BCUT2D eigenvalue weighted by Gasteiger charge is 2.23. The topological polar surface area (TPSA) is 78.8 Å². The predicted octanol–water partition coefficient (Wildman–Crippen LogP) is -0.456. The summed E-state index contributed by atoms with van der Waals surface area (Å²) >= 11 is 0. The van der Waals surface area contributed by atoms with Gasteiger partial charge >= 0.3 is 5.97 Å². The van der Waals surface area contributed by atoms with Crippen molar-refractivity contribution in [1.29, 1.82) is 0 Å². The number of aliphatic carboxylic acids is 1. The number of carboxylic acids is 1. The second-order valence-electron chi connectivity index (χ2n) is 2.57. The average molecular weight is 168 g/mol. The first-order valence-electron chi connectivity index (χ1n) is 3.30. The zero-order valence-electron chi connectivity index (χ0n) is 6.44. The molecule has 0 fully saturated rings. The van der Waals surface area contributed by atoms with Crippen LogP contribution in [0.3, 0.4) is 0 Å². The monoisotopic (exact) mass is 168 g/mol. The Morgan fingerprint density at radius 3 is 2.83 bits per heavy atom. The van der Waals surface area contributed by atoms with Gasteiger partial charge in [0, 0.05) is 12.4 Å². The van der Waals surface area contributed by atoms with Crippen molar-refractivity contribution in [2.45, 2.75) is 12.6 Å². The van der Waals surface area contributed by atoms with E-state index < -0.39 is 11.6 Å². The van der Waals surface area contributed by atoms with Gasteiger partial charge in [-0.05, 0) is 6.92 Å². The van der Waals surface area contributed by atoms with E-state index in [1.54, 1.807) is 6.92 Å². The van der Waals surface area contributed by atoms with Crippen molar-refractivity contribution in [3.8, 4) is 0 Å². The van der Waals surface area contributed by atoms with Crippen molar-refractivity contribution < 1.29 is 14.7 Å². The zero-order chi connectivity index (χ0) is 9.19. The maximum Gasteiger partial charge on any atom is 0.338 e. The Morgan fingerprint density at radius 1 is 1.83 bits per heavy atom. The van der Waals surface area contributed by atoms with Gasteiger partial charge in [-0.1, -0.05) is 0 Å². The molecule has 2 N–H and O–H groups in total. The minimum atomic E-state index is -1.07. The maximum absolute atomic E-state index is 10.4. The molecule has 0 amide bonds. The van der Waals surface area contributed by atoms with Gasteiger partial charge in [0.25, 0.3) is 0 Å². The van der Waals surface area contributed by atoms with Crippen LogP contribution >= 0.6 is 0 Å². The molecule has 5 heteroatoms. The summed E-state index contributed by atoms with van der Waals surface area (Å²) in [5.41, 5.74) is -0.979. The number of carboxylic acid groups (broad SMARTS) is 1. The Labute approximate surface area is 68.8 Å². The lowest BCUT2D eigenvalue weighted by Gasteiger charge is -2.21. The Kier molecular flexibility index (Phi) is 1.95. The molecule has 5 nitrogen and oxygen atoms in total. The first kappa shape index (κ1) is 8.45. The van der Waals surface area contributed by atoms with Crippen LogP contribution in [0, 0.1) is 0 Å². The van der Waals surface area contributed by atoms with E-state index in [-0.39, 0.29) is 5.57 Å². The third kappa shape index (κ3) is 1.50. The number of aldehydes is 1. The van der Waals surface area contributed by atoms with E-state index in [9.17, 15) is 9.59 Å². The van der Waals surface area contributed by atoms with E-state index in [0.29, 0.717) is 6.29 Å². The van der Waals surface area contributed by atoms with Crippen LogP contribution in [0.1, 0.15) is 6.92 Å². The van der Waals surface area contributed by atoms with Gasteiger partial charge in [-0.15, -0.1) is 0 Å². The molecule has 1 aliphatic heterocycles. The largest absolute Gasteiger partial charge is 0.478 e. The van der Waals surface area contributed by atoms with Gasteiger partial charge in [-0.2, -0.15) is 0 Å². The predicted molar refractivity (Wildman–Crippen MR) is 41.8 cm³/mol. The lowest BCUT2D eigenvalue weighted by molar-refractivity contribution is -0.132. The van der Waals surface area contributed by atoms with E-state index in [4.69, 9.17) is 5.11 Å². The summed E-state index contributed by atoms with van der Waals surface area (Å²) in [5, 5.41) is 11.1. The highest BCUT2D eigenvalue weighted by atomic mass is 16.4. The Bertz CT molecular complexity index is 282. The van der Waals surface area contributed by atoms with Crippen LogP contribution in [0.5, 0.6) is 0 Å². The highest BCUT2D eigenvalue weighted by molar-refractivity contribution is 6.09. The third-order valence-electron chi connectivity index (χ3n) is 1.47. The Morgan fingerprint density at radius 2 is 2.50 bits per heavy atom. The molecular formula is C7H8N2O3. The molecule has 0 saturated carbocycles. The molecule has 12 heavy (non-hydrogen) atoms. The summed E-state index contributed by atoms with van der Waals surface area (Å²) in [6.07, 6.45) is 3.02. The quantitative estimate of drug-likeness (QED) is 0.547. The molecule has 1 atom stereocenters. The second kappa shape index (κ2) is 2.77. The highest BCUT2D eigenvalue weighted by Crippen LogP contribution is 2.07. The Balaban J connectivity index is 2.80. The SMILES string of the molecule is CC1(C=O)N=CC(C(=O)O)=CN1. The first-order valence-corrected chi connectivity index (χ1v) is 3.30. The van der Waals surface area contributed by atoms with Crippen LogP contribution in [-0.4, -0.2) is 29.2 Å². The van der Waals surface area contributed by atoms with E-state index in [0.717, 1.165) is 6.21 Å². The van der Waals surface area contributed by atoms with Crippen molar-refractivity contribution in [3.05, 3.63) is 11.8 Å². The van der Waals surface area contributed by atoms with Crippen molar-refractivity contribution in [2.75, 3.05) is 0 Å². The van der Waals surface area contributed by atoms with Crippen molar-refractivity contribution in [3.63, 3.8) is 0 Å². The van der Waals surface area contributed by atoms with E-state index in [1.807, 2.05) is 0 Å². The van der Waals surface area contributed by atoms with Crippen LogP contribution < -0.4 is 5.32 Å². The number of carbonyl (C=O) groups excluding carboxylic acids is 1. The molecule has 1 rings (SSSR count). The fraction of sp³-hybridized carbons (Fsp3) is 0.286. The fourth-order valence-corrected chi connectivity index (χ4v) is 0.683. The number of aliphatic imine (C=N–C) groups is 1. The summed E-state index contributed by atoms with van der Waals surface area (Å²) in [5.74, 6) is -1.07. The molecule has 0 saturated heterocycles. The lowest BCUT2D eigenvalue weighted by atomic mass is 10.2. The van der Waals surface area contributed by atoms with Crippen LogP contribution in [-0.2, 0) is 9.59 Å². The molecule has 0 aromatic carbocycles. The molecule has 0 aromatic rings.